The molecular formula is C13H25NO3. The van der Waals surface area contributed by atoms with Crippen LogP contribution in [0.2, 0.25) is 0 Å². The first-order valence-corrected chi connectivity index (χ1v) is 6.40. The van der Waals surface area contributed by atoms with Crippen LogP contribution in [0.3, 0.4) is 0 Å². The number of carbonyl (C=O) groups excluding carboxylic acids is 1. The van der Waals surface area contributed by atoms with E-state index in [0.29, 0.717) is 13.2 Å². The van der Waals surface area contributed by atoms with E-state index in [4.69, 9.17) is 15.2 Å². The lowest BCUT2D eigenvalue weighted by molar-refractivity contribution is -0.152. The van der Waals surface area contributed by atoms with Crippen molar-refractivity contribution in [2.75, 3.05) is 19.8 Å². The molecule has 2 unspecified atom stereocenters. The molecule has 2 N–H and O–H groups in total. The highest BCUT2D eigenvalue weighted by atomic mass is 16.6. The van der Waals surface area contributed by atoms with E-state index < -0.39 is 0 Å². The van der Waals surface area contributed by atoms with Gasteiger partial charge in [0.25, 0.3) is 0 Å². The van der Waals surface area contributed by atoms with Crippen LogP contribution in [-0.2, 0) is 14.3 Å². The third-order valence-corrected chi connectivity index (χ3v) is 2.91. The van der Waals surface area contributed by atoms with Gasteiger partial charge in [0.2, 0.25) is 0 Å². The third kappa shape index (κ3) is 5.50. The van der Waals surface area contributed by atoms with Gasteiger partial charge in [0.1, 0.15) is 6.61 Å². The van der Waals surface area contributed by atoms with E-state index in [2.05, 4.69) is 20.8 Å². The topological polar surface area (TPSA) is 61.6 Å². The SMILES string of the molecule is CC(C)(C)CC(CN)C(=O)OCC1CCCO1. The average molecular weight is 243 g/mol. The van der Waals surface area contributed by atoms with Gasteiger partial charge in [-0.3, -0.25) is 4.79 Å². The zero-order valence-electron chi connectivity index (χ0n) is 11.2. The Balaban J connectivity index is 2.32. The summed E-state index contributed by atoms with van der Waals surface area (Å²) < 4.78 is 10.7. The highest BCUT2D eigenvalue weighted by molar-refractivity contribution is 5.72. The van der Waals surface area contributed by atoms with E-state index in [1.807, 2.05) is 0 Å². The molecule has 4 nitrogen and oxygen atoms in total. The molecule has 0 aromatic rings. The van der Waals surface area contributed by atoms with Crippen molar-refractivity contribution < 1.29 is 14.3 Å². The van der Waals surface area contributed by atoms with Gasteiger partial charge in [-0.05, 0) is 24.7 Å². The monoisotopic (exact) mass is 243 g/mol. The predicted molar refractivity (Wildman–Crippen MR) is 66.5 cm³/mol. The number of rotatable bonds is 5. The molecule has 0 amide bonds. The Kier molecular flexibility index (Phi) is 5.40. The van der Waals surface area contributed by atoms with Gasteiger partial charge in [0.05, 0.1) is 12.0 Å². The van der Waals surface area contributed by atoms with Crippen molar-refractivity contribution in [1.82, 2.24) is 0 Å². The van der Waals surface area contributed by atoms with Crippen molar-refractivity contribution >= 4 is 5.97 Å². The highest BCUT2D eigenvalue weighted by Gasteiger charge is 2.26. The van der Waals surface area contributed by atoms with Gasteiger partial charge < -0.3 is 15.2 Å². The second kappa shape index (κ2) is 6.36. The van der Waals surface area contributed by atoms with Crippen LogP contribution in [0.15, 0.2) is 0 Å². The number of hydrogen-bond donors (Lipinski definition) is 1. The molecule has 1 rings (SSSR count). The maximum absolute atomic E-state index is 11.9. The number of nitrogens with two attached hydrogens (primary N) is 1. The van der Waals surface area contributed by atoms with Crippen molar-refractivity contribution in [3.8, 4) is 0 Å². The van der Waals surface area contributed by atoms with Crippen molar-refractivity contribution in [3.05, 3.63) is 0 Å². The molecule has 4 heteroatoms. The van der Waals surface area contributed by atoms with Crippen molar-refractivity contribution in [2.24, 2.45) is 17.1 Å². The summed E-state index contributed by atoms with van der Waals surface area (Å²) in [6.45, 7) is 7.81. The Morgan fingerprint density at radius 2 is 2.24 bits per heavy atom. The Labute approximate surface area is 104 Å². The lowest BCUT2D eigenvalue weighted by Crippen LogP contribution is -2.31. The standard InChI is InChI=1S/C13H25NO3/c1-13(2,3)7-10(8-14)12(15)17-9-11-5-4-6-16-11/h10-11H,4-9,14H2,1-3H3. The predicted octanol–water partition coefficient (Wildman–Crippen LogP) is 1.72. The molecule has 1 aliphatic rings. The highest BCUT2D eigenvalue weighted by Crippen LogP contribution is 2.25. The molecule has 0 bridgehead atoms. The van der Waals surface area contributed by atoms with Crippen LogP contribution in [0.4, 0.5) is 0 Å². The molecule has 1 fully saturated rings. The van der Waals surface area contributed by atoms with Gasteiger partial charge in [-0.25, -0.2) is 0 Å². The summed E-state index contributed by atoms with van der Waals surface area (Å²) in [5, 5.41) is 0. The van der Waals surface area contributed by atoms with Crippen LogP contribution >= 0.6 is 0 Å². The molecule has 0 spiro atoms. The molecule has 0 aromatic heterocycles. The van der Waals surface area contributed by atoms with Crippen molar-refractivity contribution in [1.29, 1.82) is 0 Å². The minimum absolute atomic E-state index is 0.0898. The van der Waals surface area contributed by atoms with Gasteiger partial charge in [-0.15, -0.1) is 0 Å². The molecule has 0 aliphatic carbocycles. The first kappa shape index (κ1) is 14.5. The molecule has 100 valence electrons. The molecule has 1 aliphatic heterocycles. The molecule has 0 saturated carbocycles. The second-order valence-electron chi connectivity index (χ2n) is 5.96. The zero-order valence-corrected chi connectivity index (χ0v) is 11.2. The van der Waals surface area contributed by atoms with E-state index in [0.717, 1.165) is 25.9 Å². The van der Waals surface area contributed by atoms with E-state index in [1.165, 1.54) is 0 Å². The average Bonchev–Trinajstić information content (AvgIpc) is 2.74. The molecule has 2 atom stereocenters. The van der Waals surface area contributed by atoms with E-state index in [1.54, 1.807) is 0 Å². The summed E-state index contributed by atoms with van der Waals surface area (Å²) in [5.74, 6) is -0.380. The summed E-state index contributed by atoms with van der Waals surface area (Å²) in [6.07, 6.45) is 2.89. The molecular weight excluding hydrogens is 218 g/mol. The summed E-state index contributed by atoms with van der Waals surface area (Å²) in [6, 6.07) is 0. The normalized spacial score (nSPS) is 22.5. The molecule has 0 aromatic carbocycles. The molecule has 1 heterocycles. The Bertz CT molecular complexity index is 242. The van der Waals surface area contributed by atoms with Gasteiger partial charge in [-0.1, -0.05) is 20.8 Å². The van der Waals surface area contributed by atoms with Crippen LogP contribution in [0.5, 0.6) is 0 Å². The summed E-state index contributed by atoms with van der Waals surface area (Å²) >= 11 is 0. The fourth-order valence-electron chi connectivity index (χ4n) is 2.07. The van der Waals surface area contributed by atoms with Crippen molar-refractivity contribution in [2.45, 2.75) is 46.1 Å². The van der Waals surface area contributed by atoms with Crippen LogP contribution in [-0.4, -0.2) is 31.8 Å². The number of hydrogen-bond acceptors (Lipinski definition) is 4. The fraction of sp³-hybridized carbons (Fsp3) is 0.923. The van der Waals surface area contributed by atoms with E-state index in [-0.39, 0.29) is 23.4 Å². The Morgan fingerprint density at radius 3 is 2.71 bits per heavy atom. The Morgan fingerprint density at radius 1 is 1.53 bits per heavy atom. The smallest absolute Gasteiger partial charge is 0.310 e. The van der Waals surface area contributed by atoms with E-state index >= 15 is 0 Å². The number of carbonyl (C=O) groups is 1. The zero-order chi connectivity index (χ0) is 12.9. The van der Waals surface area contributed by atoms with Crippen LogP contribution in [0.1, 0.15) is 40.0 Å². The summed E-state index contributed by atoms with van der Waals surface area (Å²) in [4.78, 5) is 11.9. The lowest BCUT2D eigenvalue weighted by atomic mass is 9.85. The summed E-state index contributed by atoms with van der Waals surface area (Å²) in [5.41, 5.74) is 5.72. The van der Waals surface area contributed by atoms with Crippen LogP contribution in [0, 0.1) is 11.3 Å². The molecule has 17 heavy (non-hydrogen) atoms. The first-order valence-electron chi connectivity index (χ1n) is 6.40. The largest absolute Gasteiger partial charge is 0.463 e. The van der Waals surface area contributed by atoms with Crippen molar-refractivity contribution in [3.63, 3.8) is 0 Å². The third-order valence-electron chi connectivity index (χ3n) is 2.91. The maximum Gasteiger partial charge on any atom is 0.310 e. The molecule has 1 saturated heterocycles. The minimum atomic E-state index is -0.198. The summed E-state index contributed by atoms with van der Waals surface area (Å²) in [7, 11) is 0. The van der Waals surface area contributed by atoms with Gasteiger partial charge in [0.15, 0.2) is 0 Å². The minimum Gasteiger partial charge on any atom is -0.463 e. The first-order chi connectivity index (χ1) is 7.92. The quantitative estimate of drug-likeness (QED) is 0.747. The fourth-order valence-corrected chi connectivity index (χ4v) is 2.07. The van der Waals surface area contributed by atoms with Gasteiger partial charge in [0, 0.05) is 13.2 Å². The number of esters is 1. The maximum atomic E-state index is 11.9. The second-order valence-corrected chi connectivity index (χ2v) is 5.96. The van der Waals surface area contributed by atoms with Gasteiger partial charge >= 0.3 is 5.97 Å². The van der Waals surface area contributed by atoms with Crippen LogP contribution < -0.4 is 5.73 Å². The molecule has 0 radical (unpaired) electrons. The lowest BCUT2D eigenvalue weighted by Gasteiger charge is -2.24. The Hall–Kier alpha value is -0.610. The van der Waals surface area contributed by atoms with Gasteiger partial charge in [-0.2, -0.15) is 0 Å². The van der Waals surface area contributed by atoms with E-state index in [9.17, 15) is 4.79 Å². The van der Waals surface area contributed by atoms with Crippen LogP contribution in [0.25, 0.3) is 0 Å². The number of ether oxygens (including phenoxy) is 2.